The number of hydrogen-bond acceptors (Lipinski definition) is 1. The Morgan fingerprint density at radius 1 is 1.33 bits per heavy atom. The van der Waals surface area contributed by atoms with E-state index in [0.29, 0.717) is 5.41 Å². The summed E-state index contributed by atoms with van der Waals surface area (Å²) in [4.78, 5) is 0. The molecule has 1 fully saturated rings. The molecule has 1 nitrogen and oxygen atoms in total. The SMILES string of the molecule is CCCCCCC1(C)CC1CN. The molecule has 2 atom stereocenters. The van der Waals surface area contributed by atoms with Crippen LogP contribution in [0.1, 0.15) is 52.4 Å². The molecule has 1 heteroatoms. The summed E-state index contributed by atoms with van der Waals surface area (Å²) in [5.41, 5.74) is 6.28. The van der Waals surface area contributed by atoms with Crippen LogP contribution in [0.2, 0.25) is 0 Å². The Morgan fingerprint density at radius 2 is 2.08 bits per heavy atom. The van der Waals surface area contributed by atoms with Gasteiger partial charge >= 0.3 is 0 Å². The van der Waals surface area contributed by atoms with E-state index >= 15 is 0 Å². The molecule has 0 heterocycles. The van der Waals surface area contributed by atoms with Crippen LogP contribution in [-0.4, -0.2) is 6.54 Å². The molecule has 1 aliphatic rings. The molecular weight excluding hydrogens is 146 g/mol. The topological polar surface area (TPSA) is 26.0 Å². The molecule has 0 aliphatic heterocycles. The Balaban J connectivity index is 2.01. The number of rotatable bonds is 6. The molecule has 72 valence electrons. The zero-order valence-corrected chi connectivity index (χ0v) is 8.60. The Kier molecular flexibility index (Phi) is 3.57. The van der Waals surface area contributed by atoms with E-state index < -0.39 is 0 Å². The first kappa shape index (κ1) is 10.0. The average molecular weight is 169 g/mol. The van der Waals surface area contributed by atoms with Gasteiger partial charge in [-0.1, -0.05) is 39.5 Å². The zero-order valence-electron chi connectivity index (χ0n) is 8.60. The monoisotopic (exact) mass is 169 g/mol. The molecule has 1 rings (SSSR count). The number of unbranched alkanes of at least 4 members (excludes halogenated alkanes) is 3. The van der Waals surface area contributed by atoms with Gasteiger partial charge in [0.2, 0.25) is 0 Å². The summed E-state index contributed by atoms with van der Waals surface area (Å²) < 4.78 is 0. The van der Waals surface area contributed by atoms with Crippen molar-refractivity contribution in [1.82, 2.24) is 0 Å². The summed E-state index contributed by atoms with van der Waals surface area (Å²) in [6.07, 6.45) is 8.38. The number of hydrogen-bond donors (Lipinski definition) is 1. The van der Waals surface area contributed by atoms with Crippen LogP contribution in [0, 0.1) is 11.3 Å². The van der Waals surface area contributed by atoms with Gasteiger partial charge in [0.25, 0.3) is 0 Å². The first-order valence-electron chi connectivity index (χ1n) is 5.43. The predicted molar refractivity (Wildman–Crippen MR) is 54.0 cm³/mol. The molecule has 0 aromatic carbocycles. The van der Waals surface area contributed by atoms with Gasteiger partial charge in [-0.15, -0.1) is 0 Å². The van der Waals surface area contributed by atoms with Gasteiger partial charge in [0.15, 0.2) is 0 Å². The van der Waals surface area contributed by atoms with Crippen molar-refractivity contribution in [3.63, 3.8) is 0 Å². The van der Waals surface area contributed by atoms with Crippen LogP contribution in [0.3, 0.4) is 0 Å². The highest BCUT2D eigenvalue weighted by atomic mass is 14.7. The van der Waals surface area contributed by atoms with Crippen LogP contribution in [0.25, 0.3) is 0 Å². The Hall–Kier alpha value is -0.0400. The highest BCUT2D eigenvalue weighted by molar-refractivity contribution is 4.98. The summed E-state index contributed by atoms with van der Waals surface area (Å²) in [5, 5.41) is 0. The lowest BCUT2D eigenvalue weighted by molar-refractivity contribution is 0.434. The van der Waals surface area contributed by atoms with E-state index in [1.54, 1.807) is 0 Å². The molecule has 1 saturated carbocycles. The van der Waals surface area contributed by atoms with Crippen molar-refractivity contribution >= 4 is 0 Å². The molecule has 12 heavy (non-hydrogen) atoms. The van der Waals surface area contributed by atoms with Crippen molar-refractivity contribution in [2.75, 3.05) is 6.54 Å². The highest BCUT2D eigenvalue weighted by Crippen LogP contribution is 2.54. The summed E-state index contributed by atoms with van der Waals surface area (Å²) in [6.45, 7) is 5.57. The molecule has 0 amide bonds. The first-order valence-corrected chi connectivity index (χ1v) is 5.43. The lowest BCUT2D eigenvalue weighted by atomic mass is 9.97. The Labute approximate surface area is 76.7 Å². The van der Waals surface area contributed by atoms with Crippen molar-refractivity contribution in [2.24, 2.45) is 17.1 Å². The third-order valence-corrected chi connectivity index (χ3v) is 3.42. The smallest absolute Gasteiger partial charge is 0.00434 e. The van der Waals surface area contributed by atoms with Gasteiger partial charge in [0.1, 0.15) is 0 Å². The van der Waals surface area contributed by atoms with Crippen molar-refractivity contribution in [3.05, 3.63) is 0 Å². The maximum Gasteiger partial charge on any atom is -0.00434 e. The summed E-state index contributed by atoms with van der Waals surface area (Å²) in [7, 11) is 0. The van der Waals surface area contributed by atoms with Gasteiger partial charge in [-0.05, 0) is 30.7 Å². The molecule has 0 radical (unpaired) electrons. The molecule has 0 bridgehead atoms. The third-order valence-electron chi connectivity index (χ3n) is 3.42. The van der Waals surface area contributed by atoms with Crippen LogP contribution >= 0.6 is 0 Å². The Bertz CT molecular complexity index is 133. The van der Waals surface area contributed by atoms with Gasteiger partial charge in [0.05, 0.1) is 0 Å². The van der Waals surface area contributed by atoms with Crippen molar-refractivity contribution < 1.29 is 0 Å². The van der Waals surface area contributed by atoms with Gasteiger partial charge in [-0.2, -0.15) is 0 Å². The first-order chi connectivity index (χ1) is 5.73. The lowest BCUT2D eigenvalue weighted by Crippen LogP contribution is -2.08. The second kappa shape index (κ2) is 4.27. The minimum Gasteiger partial charge on any atom is -0.330 e. The predicted octanol–water partition coefficient (Wildman–Crippen LogP) is 2.94. The van der Waals surface area contributed by atoms with E-state index in [0.717, 1.165) is 12.5 Å². The lowest BCUT2D eigenvalue weighted by Gasteiger charge is -2.09. The van der Waals surface area contributed by atoms with Crippen LogP contribution in [0.5, 0.6) is 0 Å². The summed E-state index contributed by atoms with van der Waals surface area (Å²) in [6, 6.07) is 0. The molecular formula is C11H23N. The molecule has 0 saturated heterocycles. The standard InChI is InChI=1S/C11H23N/c1-3-4-5-6-7-11(2)8-10(11)9-12/h10H,3-9,12H2,1-2H3. The molecule has 0 aromatic rings. The summed E-state index contributed by atoms with van der Waals surface area (Å²) >= 11 is 0. The van der Waals surface area contributed by atoms with E-state index in [1.165, 1.54) is 38.5 Å². The van der Waals surface area contributed by atoms with Gasteiger partial charge in [-0.25, -0.2) is 0 Å². The second-order valence-electron chi connectivity index (χ2n) is 4.60. The molecule has 2 N–H and O–H groups in total. The van der Waals surface area contributed by atoms with E-state index in [-0.39, 0.29) is 0 Å². The van der Waals surface area contributed by atoms with Gasteiger partial charge in [-0.3, -0.25) is 0 Å². The van der Waals surface area contributed by atoms with E-state index in [9.17, 15) is 0 Å². The maximum atomic E-state index is 5.64. The fraction of sp³-hybridized carbons (Fsp3) is 1.00. The van der Waals surface area contributed by atoms with Crippen LogP contribution in [0.4, 0.5) is 0 Å². The van der Waals surface area contributed by atoms with Gasteiger partial charge < -0.3 is 5.73 Å². The molecule has 0 aromatic heterocycles. The fourth-order valence-electron chi connectivity index (χ4n) is 2.13. The van der Waals surface area contributed by atoms with E-state index in [1.807, 2.05) is 0 Å². The molecule has 1 aliphatic carbocycles. The third kappa shape index (κ3) is 2.48. The normalized spacial score (nSPS) is 33.8. The quantitative estimate of drug-likeness (QED) is 0.608. The Morgan fingerprint density at radius 3 is 2.58 bits per heavy atom. The highest BCUT2D eigenvalue weighted by Gasteiger charge is 2.47. The van der Waals surface area contributed by atoms with Crippen molar-refractivity contribution in [2.45, 2.75) is 52.4 Å². The van der Waals surface area contributed by atoms with Crippen LogP contribution in [-0.2, 0) is 0 Å². The molecule has 0 spiro atoms. The zero-order chi connectivity index (χ0) is 9.03. The summed E-state index contributed by atoms with van der Waals surface area (Å²) in [5.74, 6) is 0.846. The second-order valence-corrected chi connectivity index (χ2v) is 4.60. The van der Waals surface area contributed by atoms with Crippen molar-refractivity contribution in [3.8, 4) is 0 Å². The van der Waals surface area contributed by atoms with E-state index in [2.05, 4.69) is 13.8 Å². The van der Waals surface area contributed by atoms with Gasteiger partial charge in [0, 0.05) is 0 Å². The molecule has 2 unspecified atom stereocenters. The minimum absolute atomic E-state index is 0.641. The largest absolute Gasteiger partial charge is 0.330 e. The fourth-order valence-corrected chi connectivity index (χ4v) is 2.13. The average Bonchev–Trinajstić information content (AvgIpc) is 2.72. The van der Waals surface area contributed by atoms with Crippen LogP contribution < -0.4 is 5.73 Å². The maximum absolute atomic E-state index is 5.64. The van der Waals surface area contributed by atoms with Crippen molar-refractivity contribution in [1.29, 1.82) is 0 Å². The number of nitrogens with two attached hydrogens (primary N) is 1. The van der Waals surface area contributed by atoms with Crippen LogP contribution in [0.15, 0.2) is 0 Å². The van der Waals surface area contributed by atoms with E-state index in [4.69, 9.17) is 5.73 Å². The minimum atomic E-state index is 0.641.